The Morgan fingerprint density at radius 2 is 2.15 bits per heavy atom. The molecule has 1 saturated heterocycles. The number of rotatable bonds is 4. The molecule has 3 amide bonds. The van der Waals surface area contributed by atoms with Crippen molar-refractivity contribution in [2.45, 2.75) is 19.4 Å². The molecule has 0 unspecified atom stereocenters. The van der Waals surface area contributed by atoms with Crippen molar-refractivity contribution in [1.82, 2.24) is 10.6 Å². The SMILES string of the molecule is C=CCNC(=O)N[C@@H]1CC(=O)N(c2ccc(C)cc2)C1. The number of nitrogens with one attached hydrogen (secondary N) is 2. The molecule has 5 nitrogen and oxygen atoms in total. The first-order chi connectivity index (χ1) is 9.60. The van der Waals surface area contributed by atoms with Crippen molar-refractivity contribution in [3.05, 3.63) is 42.5 Å². The highest BCUT2D eigenvalue weighted by atomic mass is 16.2. The van der Waals surface area contributed by atoms with Crippen molar-refractivity contribution in [2.75, 3.05) is 18.0 Å². The second kappa shape index (κ2) is 6.23. The minimum absolute atomic E-state index is 0.0304. The van der Waals surface area contributed by atoms with E-state index in [0.29, 0.717) is 19.5 Å². The van der Waals surface area contributed by atoms with E-state index in [9.17, 15) is 9.59 Å². The summed E-state index contributed by atoms with van der Waals surface area (Å²) < 4.78 is 0. The Bertz CT molecular complexity index is 510. The molecule has 1 fully saturated rings. The third-order valence-electron chi connectivity index (χ3n) is 3.21. The van der Waals surface area contributed by atoms with Gasteiger partial charge < -0.3 is 15.5 Å². The molecule has 1 aromatic rings. The predicted molar refractivity (Wildman–Crippen MR) is 78.7 cm³/mol. The van der Waals surface area contributed by atoms with Gasteiger partial charge in [-0.1, -0.05) is 23.8 Å². The molecule has 2 N–H and O–H groups in total. The summed E-state index contributed by atoms with van der Waals surface area (Å²) in [6, 6.07) is 7.36. The largest absolute Gasteiger partial charge is 0.335 e. The average molecular weight is 273 g/mol. The van der Waals surface area contributed by atoms with Crippen molar-refractivity contribution in [2.24, 2.45) is 0 Å². The molecule has 1 aromatic carbocycles. The minimum atomic E-state index is -0.270. The van der Waals surface area contributed by atoms with Gasteiger partial charge in [0.05, 0.1) is 6.04 Å². The highest BCUT2D eigenvalue weighted by molar-refractivity contribution is 5.96. The normalized spacial score (nSPS) is 17.9. The standard InChI is InChI=1S/C15H19N3O2/c1-3-8-16-15(20)17-12-9-14(19)18(10-12)13-6-4-11(2)5-7-13/h3-7,12H,1,8-10H2,2H3,(H2,16,17,20)/t12-/m1/s1. The van der Waals surface area contributed by atoms with E-state index in [0.717, 1.165) is 11.3 Å². The monoisotopic (exact) mass is 273 g/mol. The van der Waals surface area contributed by atoms with Gasteiger partial charge in [0.25, 0.3) is 0 Å². The highest BCUT2D eigenvalue weighted by Crippen LogP contribution is 2.21. The first-order valence-corrected chi connectivity index (χ1v) is 6.62. The Balaban J connectivity index is 1.95. The molecule has 106 valence electrons. The van der Waals surface area contributed by atoms with Gasteiger partial charge in [0, 0.05) is 25.2 Å². The van der Waals surface area contributed by atoms with Crippen LogP contribution < -0.4 is 15.5 Å². The summed E-state index contributed by atoms with van der Waals surface area (Å²) in [6.45, 7) is 6.45. The minimum Gasteiger partial charge on any atom is -0.335 e. The molecule has 0 aromatic heterocycles. The van der Waals surface area contributed by atoms with E-state index < -0.39 is 0 Å². The number of anilines is 1. The zero-order valence-electron chi connectivity index (χ0n) is 11.6. The van der Waals surface area contributed by atoms with Gasteiger partial charge in [0.2, 0.25) is 5.91 Å². The maximum atomic E-state index is 12.0. The number of amides is 3. The summed E-state index contributed by atoms with van der Waals surface area (Å²) in [5, 5.41) is 5.43. The van der Waals surface area contributed by atoms with Crippen molar-refractivity contribution < 1.29 is 9.59 Å². The van der Waals surface area contributed by atoms with Crippen LogP contribution in [-0.4, -0.2) is 31.1 Å². The molecule has 1 aliphatic heterocycles. The molecule has 0 spiro atoms. The van der Waals surface area contributed by atoms with E-state index in [2.05, 4.69) is 17.2 Å². The highest BCUT2D eigenvalue weighted by Gasteiger charge is 2.31. The number of hydrogen-bond donors (Lipinski definition) is 2. The fourth-order valence-electron chi connectivity index (χ4n) is 2.18. The summed E-state index contributed by atoms with van der Waals surface area (Å²) in [6.07, 6.45) is 1.94. The summed E-state index contributed by atoms with van der Waals surface area (Å²) >= 11 is 0. The first-order valence-electron chi connectivity index (χ1n) is 6.62. The van der Waals surface area contributed by atoms with E-state index in [1.165, 1.54) is 0 Å². The van der Waals surface area contributed by atoms with E-state index in [1.54, 1.807) is 11.0 Å². The van der Waals surface area contributed by atoms with Crippen LogP contribution in [0.4, 0.5) is 10.5 Å². The molecule has 0 radical (unpaired) electrons. The zero-order valence-corrected chi connectivity index (χ0v) is 11.6. The van der Waals surface area contributed by atoms with Gasteiger partial charge in [0.1, 0.15) is 0 Å². The second-order valence-electron chi connectivity index (χ2n) is 4.88. The number of urea groups is 1. The molecular formula is C15H19N3O2. The van der Waals surface area contributed by atoms with Gasteiger partial charge in [-0.15, -0.1) is 6.58 Å². The van der Waals surface area contributed by atoms with E-state index in [4.69, 9.17) is 0 Å². The molecule has 1 heterocycles. The van der Waals surface area contributed by atoms with E-state index >= 15 is 0 Å². The summed E-state index contributed by atoms with van der Waals surface area (Å²) in [7, 11) is 0. The van der Waals surface area contributed by atoms with Crippen LogP contribution >= 0.6 is 0 Å². The second-order valence-corrected chi connectivity index (χ2v) is 4.88. The van der Waals surface area contributed by atoms with Crippen LogP contribution in [0.2, 0.25) is 0 Å². The van der Waals surface area contributed by atoms with Crippen LogP contribution in [0.25, 0.3) is 0 Å². The Morgan fingerprint density at radius 1 is 1.45 bits per heavy atom. The van der Waals surface area contributed by atoms with Gasteiger partial charge in [-0.2, -0.15) is 0 Å². The zero-order chi connectivity index (χ0) is 14.5. The van der Waals surface area contributed by atoms with Crippen molar-refractivity contribution in [3.63, 3.8) is 0 Å². The molecule has 0 aliphatic carbocycles. The van der Waals surface area contributed by atoms with Gasteiger partial charge >= 0.3 is 6.03 Å². The lowest BCUT2D eigenvalue weighted by Crippen LogP contribution is -2.43. The fraction of sp³-hybridized carbons (Fsp3) is 0.333. The fourth-order valence-corrected chi connectivity index (χ4v) is 2.18. The molecule has 20 heavy (non-hydrogen) atoms. The molecule has 0 bridgehead atoms. The van der Waals surface area contributed by atoms with E-state index in [1.807, 2.05) is 31.2 Å². The number of nitrogens with zero attached hydrogens (tertiary/aromatic N) is 1. The number of aryl methyl sites for hydroxylation is 1. The molecular weight excluding hydrogens is 254 g/mol. The van der Waals surface area contributed by atoms with Gasteiger partial charge in [0.15, 0.2) is 0 Å². The van der Waals surface area contributed by atoms with Crippen molar-refractivity contribution >= 4 is 17.6 Å². The molecule has 0 saturated carbocycles. The summed E-state index contributed by atoms with van der Waals surface area (Å²) in [4.78, 5) is 25.3. The number of carbonyl (C=O) groups excluding carboxylic acids is 2. The lowest BCUT2D eigenvalue weighted by molar-refractivity contribution is -0.117. The van der Waals surface area contributed by atoms with Crippen LogP contribution in [0.3, 0.4) is 0 Å². The van der Waals surface area contributed by atoms with Crippen LogP contribution in [0.15, 0.2) is 36.9 Å². The average Bonchev–Trinajstić information content (AvgIpc) is 2.78. The Hall–Kier alpha value is -2.30. The van der Waals surface area contributed by atoms with Crippen LogP contribution in [0.1, 0.15) is 12.0 Å². The Morgan fingerprint density at radius 3 is 2.80 bits per heavy atom. The Kier molecular flexibility index (Phi) is 4.40. The van der Waals surface area contributed by atoms with Gasteiger partial charge in [-0.05, 0) is 19.1 Å². The molecule has 2 rings (SSSR count). The predicted octanol–water partition coefficient (Wildman–Crippen LogP) is 1.59. The van der Waals surface area contributed by atoms with E-state index in [-0.39, 0.29) is 18.0 Å². The van der Waals surface area contributed by atoms with Crippen molar-refractivity contribution in [1.29, 1.82) is 0 Å². The topological polar surface area (TPSA) is 61.4 Å². The maximum Gasteiger partial charge on any atom is 0.315 e. The van der Waals surface area contributed by atoms with Crippen LogP contribution in [0.5, 0.6) is 0 Å². The lowest BCUT2D eigenvalue weighted by atomic mass is 10.2. The third-order valence-corrected chi connectivity index (χ3v) is 3.21. The van der Waals surface area contributed by atoms with Crippen LogP contribution in [-0.2, 0) is 4.79 Å². The Labute approximate surface area is 118 Å². The van der Waals surface area contributed by atoms with Crippen molar-refractivity contribution in [3.8, 4) is 0 Å². The molecule has 5 heteroatoms. The molecule has 1 aliphatic rings. The molecule has 1 atom stereocenters. The summed E-state index contributed by atoms with van der Waals surface area (Å²) in [5.41, 5.74) is 2.02. The van der Waals surface area contributed by atoms with Gasteiger partial charge in [-0.3, -0.25) is 4.79 Å². The quantitative estimate of drug-likeness (QED) is 0.818. The smallest absolute Gasteiger partial charge is 0.315 e. The maximum absolute atomic E-state index is 12.0. The van der Waals surface area contributed by atoms with Crippen LogP contribution in [0, 0.1) is 6.92 Å². The number of hydrogen-bond acceptors (Lipinski definition) is 2. The first kappa shape index (κ1) is 14.1. The number of carbonyl (C=O) groups is 2. The third kappa shape index (κ3) is 3.38. The number of benzene rings is 1. The summed E-state index contributed by atoms with van der Waals surface area (Å²) in [5.74, 6) is 0.0304. The van der Waals surface area contributed by atoms with Gasteiger partial charge in [-0.25, -0.2) is 4.79 Å². The lowest BCUT2D eigenvalue weighted by Gasteiger charge is -2.17.